The second-order valence-corrected chi connectivity index (χ2v) is 4.71. The van der Waals surface area contributed by atoms with Crippen LogP contribution in [0.25, 0.3) is 0 Å². The van der Waals surface area contributed by atoms with E-state index in [2.05, 4.69) is 26.2 Å². The first kappa shape index (κ1) is 13.5. The Hall–Kier alpha value is -1.95. The molecule has 1 aromatic carbocycles. The van der Waals surface area contributed by atoms with Gasteiger partial charge in [-0.3, -0.25) is 4.79 Å². The second-order valence-electron chi connectivity index (χ2n) is 3.79. The first-order valence-electron chi connectivity index (χ1n) is 5.44. The molecule has 0 spiro atoms. The van der Waals surface area contributed by atoms with Crippen LogP contribution in [0, 0.1) is 5.82 Å². The van der Waals surface area contributed by atoms with E-state index in [9.17, 15) is 14.3 Å². The van der Waals surface area contributed by atoms with Gasteiger partial charge in [-0.05, 0) is 30.3 Å². The molecule has 0 bridgehead atoms. The monoisotopic (exact) mass is 324 g/mol. The molecule has 0 fully saturated rings. The molecule has 1 heterocycles. The molecule has 2 N–H and O–H groups in total. The zero-order chi connectivity index (χ0) is 13.8. The number of amides is 1. The lowest BCUT2D eigenvalue weighted by Gasteiger charge is -2.07. The van der Waals surface area contributed by atoms with Crippen molar-refractivity contribution >= 4 is 21.8 Å². The van der Waals surface area contributed by atoms with Gasteiger partial charge in [0.25, 0.3) is 5.91 Å². The molecule has 0 atom stereocenters. The first-order chi connectivity index (χ1) is 9.08. The summed E-state index contributed by atoms with van der Waals surface area (Å²) in [4.78, 5) is 15.5. The summed E-state index contributed by atoms with van der Waals surface area (Å²) in [5, 5.41) is 12.0. The van der Waals surface area contributed by atoms with Gasteiger partial charge in [-0.1, -0.05) is 15.9 Å². The molecule has 0 unspecified atom stereocenters. The normalized spacial score (nSPS) is 10.2. The quantitative estimate of drug-likeness (QED) is 0.912. The largest absolute Gasteiger partial charge is 0.505 e. The minimum absolute atomic E-state index is 0.0140. The molecule has 1 aromatic heterocycles. The van der Waals surface area contributed by atoms with Gasteiger partial charge >= 0.3 is 0 Å². The first-order valence-corrected chi connectivity index (χ1v) is 6.23. The van der Waals surface area contributed by atoms with Crippen LogP contribution in [0.4, 0.5) is 4.39 Å². The number of benzene rings is 1. The summed E-state index contributed by atoms with van der Waals surface area (Å²) < 4.78 is 14.2. The Bertz CT molecular complexity index is 619. The minimum Gasteiger partial charge on any atom is -0.505 e. The average Bonchev–Trinajstić information content (AvgIpc) is 2.40. The Balaban J connectivity index is 2.09. The van der Waals surface area contributed by atoms with Crippen LogP contribution in [0.3, 0.4) is 0 Å². The lowest BCUT2D eigenvalue weighted by molar-refractivity contribution is 0.0942. The van der Waals surface area contributed by atoms with Crippen LogP contribution in [0.5, 0.6) is 5.75 Å². The summed E-state index contributed by atoms with van der Waals surface area (Å²) in [7, 11) is 0. The lowest BCUT2D eigenvalue weighted by Crippen LogP contribution is -2.24. The third kappa shape index (κ3) is 3.29. The van der Waals surface area contributed by atoms with Crippen LogP contribution in [-0.4, -0.2) is 16.0 Å². The molecule has 19 heavy (non-hydrogen) atoms. The van der Waals surface area contributed by atoms with Gasteiger partial charge in [-0.15, -0.1) is 0 Å². The van der Waals surface area contributed by atoms with Crippen molar-refractivity contribution in [2.45, 2.75) is 6.54 Å². The highest BCUT2D eigenvalue weighted by Gasteiger charge is 2.12. The summed E-state index contributed by atoms with van der Waals surface area (Å²) in [6.07, 6.45) is 1.40. The topological polar surface area (TPSA) is 62.2 Å². The lowest BCUT2D eigenvalue weighted by atomic mass is 10.2. The highest BCUT2D eigenvalue weighted by atomic mass is 79.9. The zero-order valence-electron chi connectivity index (χ0n) is 9.73. The van der Waals surface area contributed by atoms with Crippen LogP contribution >= 0.6 is 15.9 Å². The van der Waals surface area contributed by atoms with Crippen molar-refractivity contribution in [2.24, 2.45) is 0 Å². The number of rotatable bonds is 3. The number of nitrogens with one attached hydrogen (secondary N) is 1. The van der Waals surface area contributed by atoms with Gasteiger partial charge in [0.05, 0.1) is 0 Å². The number of carbonyl (C=O) groups excluding carboxylic acids is 1. The number of carbonyl (C=O) groups is 1. The maximum Gasteiger partial charge on any atom is 0.274 e. The number of aromatic hydroxyl groups is 1. The summed E-state index contributed by atoms with van der Waals surface area (Å²) >= 11 is 3.23. The predicted octanol–water partition coefficient (Wildman–Crippen LogP) is 2.62. The molecular formula is C13H10BrFN2O2. The summed E-state index contributed by atoms with van der Waals surface area (Å²) in [5.74, 6) is -1.18. The number of aromatic nitrogens is 1. The van der Waals surface area contributed by atoms with Crippen molar-refractivity contribution in [3.05, 3.63) is 58.1 Å². The summed E-state index contributed by atoms with van der Waals surface area (Å²) in [6.45, 7) is 0.0140. The van der Waals surface area contributed by atoms with E-state index in [0.29, 0.717) is 5.56 Å². The van der Waals surface area contributed by atoms with Crippen molar-refractivity contribution in [3.63, 3.8) is 0 Å². The predicted molar refractivity (Wildman–Crippen MR) is 71.2 cm³/mol. The second kappa shape index (κ2) is 5.79. The average molecular weight is 325 g/mol. The van der Waals surface area contributed by atoms with E-state index in [4.69, 9.17) is 0 Å². The smallest absolute Gasteiger partial charge is 0.274 e. The molecule has 0 aliphatic carbocycles. The minimum atomic E-state index is -0.558. The summed E-state index contributed by atoms with van der Waals surface area (Å²) in [5.41, 5.74) is 0.260. The van der Waals surface area contributed by atoms with Crippen LogP contribution in [0.1, 0.15) is 16.1 Å². The number of pyridine rings is 1. The van der Waals surface area contributed by atoms with Crippen LogP contribution in [-0.2, 0) is 6.54 Å². The Morgan fingerprint density at radius 1 is 1.42 bits per heavy atom. The van der Waals surface area contributed by atoms with E-state index in [-0.39, 0.29) is 18.0 Å². The highest BCUT2D eigenvalue weighted by molar-refractivity contribution is 9.10. The molecule has 1 amide bonds. The van der Waals surface area contributed by atoms with Gasteiger partial charge in [-0.2, -0.15) is 0 Å². The van der Waals surface area contributed by atoms with Gasteiger partial charge in [0, 0.05) is 22.8 Å². The Morgan fingerprint density at radius 3 is 2.95 bits per heavy atom. The van der Waals surface area contributed by atoms with E-state index in [1.807, 2.05) is 0 Å². The number of halogens is 2. The zero-order valence-corrected chi connectivity index (χ0v) is 11.3. The molecule has 0 saturated carbocycles. The molecule has 0 aliphatic rings. The number of hydrogen-bond acceptors (Lipinski definition) is 3. The van der Waals surface area contributed by atoms with Crippen molar-refractivity contribution in [3.8, 4) is 5.75 Å². The Kier molecular flexibility index (Phi) is 4.11. The van der Waals surface area contributed by atoms with Crippen molar-refractivity contribution in [1.82, 2.24) is 10.3 Å². The number of hydrogen-bond donors (Lipinski definition) is 2. The molecule has 0 aliphatic heterocycles. The van der Waals surface area contributed by atoms with Gasteiger partial charge in [0.15, 0.2) is 5.69 Å². The van der Waals surface area contributed by atoms with Gasteiger partial charge in [0.1, 0.15) is 11.6 Å². The fourth-order valence-corrected chi connectivity index (χ4v) is 1.92. The molecule has 2 rings (SSSR count). The van der Waals surface area contributed by atoms with Gasteiger partial charge < -0.3 is 10.4 Å². The maximum atomic E-state index is 13.5. The van der Waals surface area contributed by atoms with Crippen LogP contribution < -0.4 is 5.32 Å². The standard InChI is InChI=1S/C13H10BrFN2O2/c14-9-3-4-10(15)8(6-9)7-17-13(19)12-11(18)2-1-5-16-12/h1-6,18H,7H2,(H,17,19). The third-order valence-corrected chi connectivity index (χ3v) is 2.94. The molecule has 0 radical (unpaired) electrons. The molecule has 6 heteroatoms. The van der Waals surface area contributed by atoms with E-state index >= 15 is 0 Å². The van der Waals surface area contributed by atoms with Crippen molar-refractivity contribution in [1.29, 1.82) is 0 Å². The molecule has 0 saturated heterocycles. The van der Waals surface area contributed by atoms with Crippen molar-refractivity contribution in [2.75, 3.05) is 0 Å². The molecule has 2 aromatic rings. The fourth-order valence-electron chi connectivity index (χ4n) is 1.51. The molecular weight excluding hydrogens is 315 g/mol. The fraction of sp³-hybridized carbons (Fsp3) is 0.0769. The molecule has 4 nitrogen and oxygen atoms in total. The van der Waals surface area contributed by atoms with E-state index in [1.165, 1.54) is 24.4 Å². The van der Waals surface area contributed by atoms with Crippen LogP contribution in [0.15, 0.2) is 41.0 Å². The highest BCUT2D eigenvalue weighted by Crippen LogP contribution is 2.16. The van der Waals surface area contributed by atoms with E-state index in [0.717, 1.165) is 4.47 Å². The Labute approximate surface area is 117 Å². The van der Waals surface area contributed by atoms with Crippen molar-refractivity contribution < 1.29 is 14.3 Å². The van der Waals surface area contributed by atoms with E-state index in [1.54, 1.807) is 12.1 Å². The Morgan fingerprint density at radius 2 is 2.21 bits per heavy atom. The summed E-state index contributed by atoms with van der Waals surface area (Å²) in [6, 6.07) is 7.34. The van der Waals surface area contributed by atoms with Gasteiger partial charge in [0.2, 0.25) is 0 Å². The van der Waals surface area contributed by atoms with Crippen LogP contribution in [0.2, 0.25) is 0 Å². The van der Waals surface area contributed by atoms with Gasteiger partial charge in [-0.25, -0.2) is 9.37 Å². The number of nitrogens with zero attached hydrogens (tertiary/aromatic N) is 1. The molecule has 98 valence electrons. The third-order valence-electron chi connectivity index (χ3n) is 2.45. The van der Waals surface area contributed by atoms with E-state index < -0.39 is 11.7 Å². The SMILES string of the molecule is O=C(NCc1cc(Br)ccc1F)c1ncccc1O. The maximum absolute atomic E-state index is 13.5.